The van der Waals surface area contributed by atoms with Crippen LogP contribution in [0.5, 0.6) is 0 Å². The number of nitrogens with zero attached hydrogens (tertiary/aromatic N) is 1. The van der Waals surface area contributed by atoms with Crippen LogP contribution in [0.4, 0.5) is 5.69 Å². The van der Waals surface area contributed by atoms with E-state index in [1.807, 2.05) is 18.2 Å². The number of hydrogen-bond acceptors (Lipinski definition) is 3. The summed E-state index contributed by atoms with van der Waals surface area (Å²) in [7, 11) is 0. The van der Waals surface area contributed by atoms with E-state index in [1.165, 1.54) is 19.3 Å². The lowest BCUT2D eigenvalue weighted by atomic mass is 9.87. The molecule has 2 aromatic rings. The minimum absolute atomic E-state index is 0.00170. The Morgan fingerprint density at radius 3 is 2.67 bits per heavy atom. The van der Waals surface area contributed by atoms with E-state index in [4.69, 9.17) is 16.7 Å². The maximum atomic E-state index is 12.5. The molecule has 1 saturated carbocycles. The third-order valence-electron chi connectivity index (χ3n) is 5.16. The Kier molecular flexibility index (Phi) is 6.67. The average molecular weight is 389 g/mol. The van der Waals surface area contributed by atoms with Gasteiger partial charge in [0.2, 0.25) is 5.91 Å². The van der Waals surface area contributed by atoms with Gasteiger partial charge in [0.05, 0.1) is 16.2 Å². The molecule has 6 heteroatoms. The van der Waals surface area contributed by atoms with Crippen LogP contribution in [0.25, 0.3) is 10.9 Å². The molecule has 0 aliphatic heterocycles. The van der Waals surface area contributed by atoms with Crippen LogP contribution in [0, 0.1) is 5.92 Å². The van der Waals surface area contributed by atoms with Gasteiger partial charge in [0.15, 0.2) is 0 Å². The molecule has 27 heavy (non-hydrogen) atoms. The number of aliphatic carboxylic acids is 1. The summed E-state index contributed by atoms with van der Waals surface area (Å²) >= 11 is 6.34. The molecular formula is C21H25ClN2O3. The van der Waals surface area contributed by atoms with Crippen LogP contribution < -0.4 is 5.32 Å². The van der Waals surface area contributed by atoms with E-state index in [9.17, 15) is 9.59 Å². The molecule has 3 rings (SSSR count). The largest absolute Gasteiger partial charge is 0.481 e. The summed E-state index contributed by atoms with van der Waals surface area (Å²) in [5.74, 6) is -0.334. The van der Waals surface area contributed by atoms with Crippen molar-refractivity contribution in [1.82, 2.24) is 4.98 Å². The highest BCUT2D eigenvalue weighted by atomic mass is 35.5. The maximum absolute atomic E-state index is 12.5. The minimum atomic E-state index is -0.800. The topological polar surface area (TPSA) is 79.3 Å². The fraction of sp³-hybridized carbons (Fsp3) is 0.476. The minimum Gasteiger partial charge on any atom is -0.481 e. The fourth-order valence-electron chi connectivity index (χ4n) is 3.75. The fourth-order valence-corrected chi connectivity index (χ4v) is 3.96. The van der Waals surface area contributed by atoms with Crippen molar-refractivity contribution < 1.29 is 14.7 Å². The first-order chi connectivity index (χ1) is 13.0. The standard InChI is InChI=1S/C21H25ClN2O3/c22-17-11-12-18-16(10-9-15(23-18)7-4-8-20(26)27)21(17)24-19(25)13-14-5-2-1-3-6-14/h9-12,14H,1-8,13H2,(H,24,25)(H,26,27). The number of carboxylic acids is 1. The van der Waals surface area contributed by atoms with Crippen molar-refractivity contribution in [2.75, 3.05) is 5.32 Å². The van der Waals surface area contributed by atoms with Gasteiger partial charge in [0.1, 0.15) is 0 Å². The summed E-state index contributed by atoms with van der Waals surface area (Å²) in [5, 5.41) is 13.1. The molecular weight excluding hydrogens is 364 g/mol. The number of aromatic nitrogens is 1. The second-order valence-corrected chi connectivity index (χ2v) is 7.70. The molecule has 144 valence electrons. The number of carbonyl (C=O) groups is 2. The van der Waals surface area contributed by atoms with Gasteiger partial charge in [-0.1, -0.05) is 30.9 Å². The number of hydrogen-bond donors (Lipinski definition) is 2. The van der Waals surface area contributed by atoms with Gasteiger partial charge in [-0.3, -0.25) is 14.6 Å². The van der Waals surface area contributed by atoms with E-state index in [2.05, 4.69) is 10.3 Å². The van der Waals surface area contributed by atoms with Gasteiger partial charge in [-0.25, -0.2) is 0 Å². The SMILES string of the molecule is O=C(O)CCCc1ccc2c(NC(=O)CC3CCCCC3)c(Cl)ccc2n1. The number of carbonyl (C=O) groups excluding carboxylic acids is 1. The normalized spacial score (nSPS) is 15.0. The molecule has 1 amide bonds. The molecule has 1 aromatic heterocycles. The predicted molar refractivity (Wildman–Crippen MR) is 107 cm³/mol. The van der Waals surface area contributed by atoms with E-state index in [0.717, 1.165) is 29.4 Å². The van der Waals surface area contributed by atoms with Crippen LogP contribution >= 0.6 is 11.6 Å². The summed E-state index contributed by atoms with van der Waals surface area (Å²) < 4.78 is 0. The van der Waals surface area contributed by atoms with Crippen LogP contribution in [0.2, 0.25) is 5.02 Å². The van der Waals surface area contributed by atoms with E-state index < -0.39 is 5.97 Å². The Hall–Kier alpha value is -2.14. The first-order valence-electron chi connectivity index (χ1n) is 9.62. The molecule has 0 saturated heterocycles. The molecule has 1 heterocycles. The summed E-state index contributed by atoms with van der Waals surface area (Å²) in [6.07, 6.45) is 7.75. The smallest absolute Gasteiger partial charge is 0.303 e. The monoisotopic (exact) mass is 388 g/mol. The second kappa shape index (κ2) is 9.18. The van der Waals surface area contributed by atoms with Crippen molar-refractivity contribution in [3.05, 3.63) is 35.0 Å². The van der Waals surface area contributed by atoms with Gasteiger partial charge < -0.3 is 10.4 Å². The van der Waals surface area contributed by atoms with E-state index in [-0.39, 0.29) is 12.3 Å². The number of benzene rings is 1. The van der Waals surface area contributed by atoms with Crippen LogP contribution in [-0.4, -0.2) is 22.0 Å². The van der Waals surface area contributed by atoms with Gasteiger partial charge in [-0.2, -0.15) is 0 Å². The van der Waals surface area contributed by atoms with Gasteiger partial charge in [0, 0.05) is 23.9 Å². The summed E-state index contributed by atoms with van der Waals surface area (Å²) in [5.41, 5.74) is 2.20. The van der Waals surface area contributed by atoms with E-state index in [0.29, 0.717) is 35.9 Å². The molecule has 1 aliphatic rings. The second-order valence-electron chi connectivity index (χ2n) is 7.30. The molecule has 0 radical (unpaired) electrons. The first-order valence-corrected chi connectivity index (χ1v) is 10.0. The van der Waals surface area contributed by atoms with Gasteiger partial charge in [0.25, 0.3) is 0 Å². The summed E-state index contributed by atoms with van der Waals surface area (Å²) in [6.45, 7) is 0. The Bertz CT molecular complexity index is 832. The van der Waals surface area contributed by atoms with Crippen LogP contribution in [-0.2, 0) is 16.0 Å². The Morgan fingerprint density at radius 2 is 1.93 bits per heavy atom. The lowest BCUT2D eigenvalue weighted by Crippen LogP contribution is -2.18. The van der Waals surface area contributed by atoms with Crippen LogP contribution in [0.3, 0.4) is 0 Å². The number of aryl methyl sites for hydroxylation is 1. The third-order valence-corrected chi connectivity index (χ3v) is 5.48. The molecule has 0 unspecified atom stereocenters. The predicted octanol–water partition coefficient (Wildman–Crippen LogP) is 5.20. The van der Waals surface area contributed by atoms with Crippen LogP contribution in [0.15, 0.2) is 24.3 Å². The van der Waals surface area contributed by atoms with Crippen molar-refractivity contribution in [1.29, 1.82) is 0 Å². The quantitative estimate of drug-likeness (QED) is 0.682. The van der Waals surface area contributed by atoms with Crippen LogP contribution in [0.1, 0.15) is 57.1 Å². The van der Waals surface area contributed by atoms with Crippen molar-refractivity contribution in [2.24, 2.45) is 5.92 Å². The van der Waals surface area contributed by atoms with E-state index >= 15 is 0 Å². The lowest BCUT2D eigenvalue weighted by Gasteiger charge is -2.21. The zero-order chi connectivity index (χ0) is 19.2. The highest BCUT2D eigenvalue weighted by Crippen LogP contribution is 2.32. The molecule has 1 aromatic carbocycles. The zero-order valence-electron chi connectivity index (χ0n) is 15.3. The average Bonchev–Trinajstić information content (AvgIpc) is 2.64. The number of amides is 1. The number of anilines is 1. The number of fused-ring (bicyclic) bond motifs is 1. The van der Waals surface area contributed by atoms with Crippen molar-refractivity contribution in [2.45, 2.75) is 57.8 Å². The molecule has 0 spiro atoms. The van der Waals surface area contributed by atoms with Gasteiger partial charge in [-0.05, 0) is 55.9 Å². The Morgan fingerprint density at radius 1 is 1.15 bits per heavy atom. The highest BCUT2D eigenvalue weighted by Gasteiger charge is 2.18. The number of carboxylic acid groups (broad SMARTS) is 1. The number of nitrogens with one attached hydrogen (secondary N) is 1. The summed E-state index contributed by atoms with van der Waals surface area (Å²) in [4.78, 5) is 27.8. The third kappa shape index (κ3) is 5.42. The van der Waals surface area contributed by atoms with Gasteiger partial charge >= 0.3 is 5.97 Å². The summed E-state index contributed by atoms with van der Waals surface area (Å²) in [6, 6.07) is 7.35. The molecule has 2 N–H and O–H groups in total. The number of rotatable bonds is 7. The van der Waals surface area contributed by atoms with Crippen molar-refractivity contribution in [3.8, 4) is 0 Å². The van der Waals surface area contributed by atoms with Crippen molar-refractivity contribution in [3.63, 3.8) is 0 Å². The zero-order valence-corrected chi connectivity index (χ0v) is 16.1. The Balaban J connectivity index is 1.72. The molecule has 5 nitrogen and oxygen atoms in total. The maximum Gasteiger partial charge on any atom is 0.303 e. The number of pyridine rings is 1. The molecule has 1 aliphatic carbocycles. The molecule has 0 bridgehead atoms. The van der Waals surface area contributed by atoms with E-state index in [1.54, 1.807) is 6.07 Å². The highest BCUT2D eigenvalue weighted by molar-refractivity contribution is 6.35. The van der Waals surface area contributed by atoms with Crippen molar-refractivity contribution >= 4 is 40.1 Å². The number of halogens is 1. The lowest BCUT2D eigenvalue weighted by molar-refractivity contribution is -0.137. The first kappa shape index (κ1) is 19.6. The Labute approximate surface area is 164 Å². The molecule has 1 fully saturated rings. The molecule has 0 atom stereocenters. The van der Waals surface area contributed by atoms with Gasteiger partial charge in [-0.15, -0.1) is 0 Å².